The molecule has 2 rings (SSSR count). The summed E-state index contributed by atoms with van der Waals surface area (Å²) in [4.78, 5) is 11.7. The maximum absolute atomic E-state index is 11.8. The van der Waals surface area contributed by atoms with Crippen molar-refractivity contribution in [1.29, 1.82) is 0 Å². The van der Waals surface area contributed by atoms with Crippen molar-refractivity contribution >= 4 is 33.5 Å². The van der Waals surface area contributed by atoms with E-state index in [9.17, 15) is 13.2 Å². The van der Waals surface area contributed by atoms with E-state index < -0.39 is 16.2 Å². The summed E-state index contributed by atoms with van der Waals surface area (Å²) >= 11 is 5.93. The van der Waals surface area contributed by atoms with Crippen LogP contribution >= 0.6 is 11.6 Å². The standard InChI is InChI=1S/C13H13ClN2O5S/c1-3-21-13(17)11-7-10(15-22(18,19)16-11)8-4-5-9(14)12(6-8)20-2/h4-7,16H,3H2,1-2H3. The average Bonchev–Trinajstić information content (AvgIpc) is 2.46. The van der Waals surface area contributed by atoms with E-state index in [1.807, 2.05) is 4.72 Å². The summed E-state index contributed by atoms with van der Waals surface area (Å²) < 4.78 is 39.0. The number of carbonyl (C=O) groups excluding carboxylic acids is 1. The second-order valence-electron chi connectivity index (χ2n) is 4.18. The first-order valence-electron chi connectivity index (χ1n) is 6.21. The molecular weight excluding hydrogens is 332 g/mol. The van der Waals surface area contributed by atoms with Crippen LogP contribution in [0.25, 0.3) is 0 Å². The van der Waals surface area contributed by atoms with Crippen molar-refractivity contribution in [1.82, 2.24) is 4.72 Å². The van der Waals surface area contributed by atoms with Crippen LogP contribution in [0.1, 0.15) is 12.5 Å². The monoisotopic (exact) mass is 344 g/mol. The van der Waals surface area contributed by atoms with Crippen molar-refractivity contribution in [3.8, 4) is 5.75 Å². The molecule has 1 aromatic carbocycles. The van der Waals surface area contributed by atoms with Gasteiger partial charge in [-0.15, -0.1) is 4.40 Å². The van der Waals surface area contributed by atoms with E-state index in [4.69, 9.17) is 21.1 Å². The number of esters is 1. The van der Waals surface area contributed by atoms with Crippen molar-refractivity contribution in [3.63, 3.8) is 0 Å². The molecule has 1 aliphatic rings. The topological polar surface area (TPSA) is 94.1 Å². The molecule has 0 amide bonds. The predicted octanol–water partition coefficient (Wildman–Crippen LogP) is 1.43. The Morgan fingerprint density at radius 1 is 1.41 bits per heavy atom. The quantitative estimate of drug-likeness (QED) is 0.834. The summed E-state index contributed by atoms with van der Waals surface area (Å²) in [5, 5.41) is 0.373. The summed E-state index contributed by atoms with van der Waals surface area (Å²) in [6.45, 7) is 1.74. The van der Waals surface area contributed by atoms with Gasteiger partial charge in [0, 0.05) is 5.56 Å². The zero-order valence-electron chi connectivity index (χ0n) is 11.8. The lowest BCUT2D eigenvalue weighted by molar-refractivity contribution is -0.138. The minimum absolute atomic E-state index is 0.0803. The number of benzene rings is 1. The molecule has 118 valence electrons. The Labute approximate surface area is 132 Å². The lowest BCUT2D eigenvalue weighted by atomic mass is 10.1. The second kappa shape index (κ2) is 6.37. The van der Waals surface area contributed by atoms with Gasteiger partial charge in [0.25, 0.3) is 0 Å². The van der Waals surface area contributed by atoms with E-state index in [1.54, 1.807) is 19.1 Å². The molecular formula is C13H13ClN2O5S. The fraction of sp³-hybridized carbons (Fsp3) is 0.231. The highest BCUT2D eigenvalue weighted by atomic mass is 35.5. The van der Waals surface area contributed by atoms with Crippen LogP contribution in [0.15, 0.2) is 34.4 Å². The molecule has 1 N–H and O–H groups in total. The number of rotatable bonds is 4. The zero-order valence-corrected chi connectivity index (χ0v) is 13.4. The first-order valence-corrected chi connectivity index (χ1v) is 8.03. The number of methoxy groups -OCH3 is 1. The number of allylic oxidation sites excluding steroid dienone is 1. The van der Waals surface area contributed by atoms with Gasteiger partial charge in [-0.25, -0.2) is 4.79 Å². The number of carbonyl (C=O) groups is 1. The first kappa shape index (κ1) is 16.3. The van der Waals surface area contributed by atoms with E-state index in [0.717, 1.165) is 0 Å². The fourth-order valence-corrected chi connectivity index (χ4v) is 2.83. The molecule has 0 unspecified atom stereocenters. The Hall–Kier alpha value is -2.06. The SMILES string of the molecule is CCOC(=O)C1=CC(c2ccc(Cl)c(OC)c2)=NS(=O)(=O)N1. The summed E-state index contributed by atoms with van der Waals surface area (Å²) in [5.74, 6) is -0.414. The Morgan fingerprint density at radius 2 is 2.14 bits per heavy atom. The number of nitrogens with one attached hydrogen (secondary N) is 1. The maximum Gasteiger partial charge on any atom is 0.355 e. The number of hydrogen-bond donors (Lipinski definition) is 1. The number of nitrogens with zero attached hydrogens (tertiary/aromatic N) is 1. The molecule has 0 saturated carbocycles. The van der Waals surface area contributed by atoms with E-state index in [2.05, 4.69) is 4.40 Å². The summed E-state index contributed by atoms with van der Waals surface area (Å²) in [7, 11) is -2.59. The molecule has 0 fully saturated rings. The minimum Gasteiger partial charge on any atom is -0.495 e. The average molecular weight is 345 g/mol. The normalized spacial score (nSPS) is 16.1. The number of halogens is 1. The van der Waals surface area contributed by atoms with Gasteiger partial charge in [-0.3, -0.25) is 4.72 Å². The van der Waals surface area contributed by atoms with Gasteiger partial charge in [0.1, 0.15) is 11.4 Å². The lowest BCUT2D eigenvalue weighted by Gasteiger charge is -2.15. The third-order valence-electron chi connectivity index (χ3n) is 2.68. The van der Waals surface area contributed by atoms with Gasteiger partial charge in [0.05, 0.1) is 24.5 Å². The van der Waals surface area contributed by atoms with Gasteiger partial charge >= 0.3 is 16.2 Å². The van der Waals surface area contributed by atoms with Gasteiger partial charge in [-0.2, -0.15) is 8.42 Å². The van der Waals surface area contributed by atoms with Gasteiger partial charge < -0.3 is 9.47 Å². The van der Waals surface area contributed by atoms with Crippen molar-refractivity contribution in [2.24, 2.45) is 4.40 Å². The highest BCUT2D eigenvalue weighted by molar-refractivity contribution is 7.88. The van der Waals surface area contributed by atoms with E-state index in [1.165, 1.54) is 19.3 Å². The number of ether oxygens (including phenoxy) is 2. The highest BCUT2D eigenvalue weighted by Gasteiger charge is 2.24. The molecule has 1 aliphatic heterocycles. The van der Waals surface area contributed by atoms with Gasteiger partial charge in [0.2, 0.25) is 0 Å². The van der Waals surface area contributed by atoms with E-state index in [0.29, 0.717) is 16.3 Å². The van der Waals surface area contributed by atoms with Crippen molar-refractivity contribution in [2.45, 2.75) is 6.92 Å². The second-order valence-corrected chi connectivity index (χ2v) is 5.93. The largest absolute Gasteiger partial charge is 0.495 e. The number of hydrogen-bond acceptors (Lipinski definition) is 5. The van der Waals surface area contributed by atoms with Crippen molar-refractivity contribution in [2.75, 3.05) is 13.7 Å². The lowest BCUT2D eigenvalue weighted by Crippen LogP contribution is -2.32. The third kappa shape index (κ3) is 3.58. The summed E-state index contributed by atoms with van der Waals surface area (Å²) in [6.07, 6.45) is 1.29. The Balaban J connectivity index is 2.48. The third-order valence-corrected chi connectivity index (χ3v) is 3.91. The van der Waals surface area contributed by atoms with Crippen LogP contribution in [0.2, 0.25) is 5.02 Å². The zero-order chi connectivity index (χ0) is 16.3. The molecule has 0 spiro atoms. The Bertz CT molecular complexity index is 771. The molecule has 0 bridgehead atoms. The van der Waals surface area contributed by atoms with Crippen LogP contribution in [0.5, 0.6) is 5.75 Å². The molecule has 0 atom stereocenters. The summed E-state index contributed by atoms with van der Waals surface area (Å²) in [5.41, 5.74) is 0.311. The van der Waals surface area contributed by atoms with Crippen LogP contribution in [0.3, 0.4) is 0 Å². The van der Waals surface area contributed by atoms with Crippen LogP contribution < -0.4 is 9.46 Å². The fourth-order valence-electron chi connectivity index (χ4n) is 1.75. The van der Waals surface area contributed by atoms with Gasteiger partial charge in [-0.1, -0.05) is 17.7 Å². The van der Waals surface area contributed by atoms with E-state index >= 15 is 0 Å². The van der Waals surface area contributed by atoms with Crippen molar-refractivity contribution in [3.05, 3.63) is 40.6 Å². The molecule has 7 nitrogen and oxygen atoms in total. The first-order chi connectivity index (χ1) is 10.4. The van der Waals surface area contributed by atoms with Crippen LogP contribution in [-0.2, 0) is 19.7 Å². The van der Waals surface area contributed by atoms with Crippen LogP contribution in [0, 0.1) is 0 Å². The molecule has 0 aromatic heterocycles. The minimum atomic E-state index is -4.03. The highest BCUT2D eigenvalue weighted by Crippen LogP contribution is 2.26. The molecule has 9 heteroatoms. The molecule has 1 heterocycles. The van der Waals surface area contributed by atoms with Crippen molar-refractivity contribution < 1.29 is 22.7 Å². The molecule has 0 radical (unpaired) electrons. The molecule has 0 saturated heterocycles. The van der Waals surface area contributed by atoms with Crippen LogP contribution in [0.4, 0.5) is 0 Å². The smallest absolute Gasteiger partial charge is 0.355 e. The molecule has 0 aliphatic carbocycles. The summed E-state index contributed by atoms with van der Waals surface area (Å²) in [6, 6.07) is 4.65. The van der Waals surface area contributed by atoms with E-state index in [-0.39, 0.29) is 18.0 Å². The Morgan fingerprint density at radius 3 is 2.77 bits per heavy atom. The molecule has 1 aromatic rings. The molecule has 22 heavy (non-hydrogen) atoms. The predicted molar refractivity (Wildman–Crippen MR) is 81.3 cm³/mol. The Kier molecular flexibility index (Phi) is 4.72. The van der Waals surface area contributed by atoms with Crippen LogP contribution in [-0.4, -0.2) is 33.8 Å². The van der Waals surface area contributed by atoms with Gasteiger partial charge in [-0.05, 0) is 25.1 Å². The van der Waals surface area contributed by atoms with Gasteiger partial charge in [0.15, 0.2) is 0 Å². The maximum atomic E-state index is 11.8.